The van der Waals surface area contributed by atoms with E-state index in [1.807, 2.05) is 0 Å². The summed E-state index contributed by atoms with van der Waals surface area (Å²) in [6, 6.07) is 9.70. The molecule has 0 radical (unpaired) electrons. The van der Waals surface area contributed by atoms with Gasteiger partial charge < -0.3 is 9.47 Å². The fraction of sp³-hybridized carbons (Fsp3) is 0.217. The molecule has 0 amide bonds. The number of fused-ring (bicyclic) bond motifs is 2. The predicted molar refractivity (Wildman–Crippen MR) is 128 cm³/mol. The Hall–Kier alpha value is -4.14. The number of halogens is 5. The number of benzene rings is 2. The first-order valence-electron chi connectivity index (χ1n) is 10.8. The van der Waals surface area contributed by atoms with E-state index < -0.39 is 31.1 Å². The molecule has 0 N–H and O–H groups in total. The van der Waals surface area contributed by atoms with Crippen molar-refractivity contribution in [3.8, 4) is 34.7 Å². The normalized spacial score (nSPS) is 12.1. The van der Waals surface area contributed by atoms with Gasteiger partial charge in [0.05, 0.1) is 16.9 Å². The third kappa shape index (κ3) is 4.88. The van der Waals surface area contributed by atoms with Gasteiger partial charge in [-0.05, 0) is 48.7 Å². The minimum Gasteiger partial charge on any atom is -0.454 e. The molecule has 0 saturated heterocycles. The van der Waals surface area contributed by atoms with Crippen LogP contribution in [0.5, 0.6) is 11.8 Å². The topological polar surface area (TPSA) is 89.0 Å². The summed E-state index contributed by atoms with van der Waals surface area (Å²) in [4.78, 5) is 22.2. The Morgan fingerprint density at radius 2 is 1.74 bits per heavy atom. The SMILES string of the molecule is CSc1c2nc(OCC(F)(F)F)nc-2n(-c2ccc(OC(F)F)cc2)c(=O)n1-c1ccc2nn(C)cc2c1. The number of imidazole rings is 1. The maximum absolute atomic E-state index is 13.9. The molecule has 0 fully saturated rings. The largest absolute Gasteiger partial charge is 0.454 e. The molecule has 198 valence electrons. The standard InChI is InChI=1S/C23H17F5N6O3S/c1-32-10-12-9-14(5-8-16(12)31-32)34-19(38-2)17-18(30-21(29-17)36-11-23(26,27)28)33(22(34)35)13-3-6-15(7-4-13)37-20(24)25/h3-10,20H,11H2,1-2H3. The van der Waals surface area contributed by atoms with Crippen LogP contribution in [0.1, 0.15) is 0 Å². The fourth-order valence-electron chi connectivity index (χ4n) is 3.91. The predicted octanol–water partition coefficient (Wildman–Crippen LogP) is 4.67. The highest BCUT2D eigenvalue weighted by molar-refractivity contribution is 7.98. The van der Waals surface area contributed by atoms with Crippen LogP contribution in [0.2, 0.25) is 0 Å². The van der Waals surface area contributed by atoms with Crippen molar-refractivity contribution in [2.24, 2.45) is 7.05 Å². The van der Waals surface area contributed by atoms with Crippen molar-refractivity contribution in [3.05, 3.63) is 59.1 Å². The van der Waals surface area contributed by atoms with E-state index in [4.69, 9.17) is 4.74 Å². The van der Waals surface area contributed by atoms with Crippen molar-refractivity contribution in [3.63, 3.8) is 0 Å². The molecule has 0 atom stereocenters. The highest BCUT2D eigenvalue weighted by atomic mass is 32.2. The summed E-state index contributed by atoms with van der Waals surface area (Å²) in [5.41, 5.74) is 0.791. The van der Waals surface area contributed by atoms with Gasteiger partial charge in [-0.1, -0.05) is 0 Å². The van der Waals surface area contributed by atoms with Gasteiger partial charge in [-0.2, -0.15) is 37.0 Å². The lowest BCUT2D eigenvalue weighted by atomic mass is 10.2. The number of hydrogen-bond acceptors (Lipinski definition) is 7. The summed E-state index contributed by atoms with van der Waals surface area (Å²) < 4.78 is 76.8. The van der Waals surface area contributed by atoms with Crippen LogP contribution in [0.15, 0.2) is 58.5 Å². The lowest BCUT2D eigenvalue weighted by molar-refractivity contribution is -0.154. The molecule has 2 aliphatic heterocycles. The molecule has 9 nitrogen and oxygen atoms in total. The van der Waals surface area contributed by atoms with E-state index >= 15 is 0 Å². The van der Waals surface area contributed by atoms with Gasteiger partial charge >= 0.3 is 24.5 Å². The van der Waals surface area contributed by atoms with Gasteiger partial charge in [0, 0.05) is 18.6 Å². The van der Waals surface area contributed by atoms with Gasteiger partial charge in [0.15, 0.2) is 12.4 Å². The third-order valence-electron chi connectivity index (χ3n) is 5.36. The number of nitrogens with zero attached hydrogens (tertiary/aromatic N) is 6. The van der Waals surface area contributed by atoms with Crippen LogP contribution in [-0.4, -0.2) is 54.5 Å². The molecule has 5 rings (SSSR count). The van der Waals surface area contributed by atoms with Gasteiger partial charge in [-0.3, -0.25) is 9.25 Å². The highest BCUT2D eigenvalue weighted by Gasteiger charge is 2.32. The summed E-state index contributed by atoms with van der Waals surface area (Å²) in [5.74, 6) is -0.218. The second-order valence-electron chi connectivity index (χ2n) is 7.96. The Kier molecular flexibility index (Phi) is 6.46. The van der Waals surface area contributed by atoms with Gasteiger partial charge in [0.2, 0.25) is 0 Å². The van der Waals surface area contributed by atoms with Crippen molar-refractivity contribution in [1.82, 2.24) is 28.9 Å². The molecule has 15 heteroatoms. The number of thioether (sulfide) groups is 1. The molecule has 38 heavy (non-hydrogen) atoms. The Morgan fingerprint density at radius 1 is 1.03 bits per heavy atom. The Bertz CT molecular complexity index is 1640. The molecule has 1 aromatic heterocycles. The van der Waals surface area contributed by atoms with Gasteiger partial charge in [0.25, 0.3) is 0 Å². The van der Waals surface area contributed by atoms with E-state index in [9.17, 15) is 26.7 Å². The van der Waals surface area contributed by atoms with E-state index in [1.54, 1.807) is 42.4 Å². The first-order valence-corrected chi connectivity index (χ1v) is 12.0. The average molecular weight is 552 g/mol. The minimum absolute atomic E-state index is 0.0715. The van der Waals surface area contributed by atoms with Crippen LogP contribution >= 0.6 is 11.8 Å². The van der Waals surface area contributed by atoms with Crippen LogP contribution in [0.3, 0.4) is 0 Å². The number of ether oxygens (including phenoxy) is 2. The van der Waals surface area contributed by atoms with Crippen LogP contribution in [0.4, 0.5) is 22.0 Å². The van der Waals surface area contributed by atoms with E-state index in [0.717, 1.165) is 21.7 Å². The summed E-state index contributed by atoms with van der Waals surface area (Å²) in [6.45, 7) is -4.67. The maximum atomic E-state index is 13.9. The van der Waals surface area contributed by atoms with E-state index in [0.29, 0.717) is 16.2 Å². The average Bonchev–Trinajstić information content (AvgIpc) is 3.44. The number of alkyl halides is 5. The molecule has 0 unspecified atom stereocenters. The van der Waals surface area contributed by atoms with Crippen LogP contribution in [-0.2, 0) is 7.05 Å². The fourth-order valence-corrected chi connectivity index (χ4v) is 4.60. The van der Waals surface area contributed by atoms with Gasteiger partial charge in [-0.15, -0.1) is 11.8 Å². The summed E-state index contributed by atoms with van der Waals surface area (Å²) >= 11 is 1.14. The number of rotatable bonds is 7. The van der Waals surface area contributed by atoms with Crippen LogP contribution < -0.4 is 15.2 Å². The smallest absolute Gasteiger partial charge is 0.422 e. The van der Waals surface area contributed by atoms with E-state index in [2.05, 4.69) is 19.8 Å². The molecular formula is C23H17F5N6O3S. The molecule has 0 bridgehead atoms. The maximum Gasteiger partial charge on any atom is 0.422 e. The van der Waals surface area contributed by atoms with E-state index in [-0.39, 0.29) is 23.0 Å². The van der Waals surface area contributed by atoms with E-state index in [1.165, 1.54) is 28.8 Å². The van der Waals surface area contributed by atoms with Gasteiger partial charge in [-0.25, -0.2) is 9.36 Å². The molecule has 2 aromatic carbocycles. The van der Waals surface area contributed by atoms with Crippen LogP contribution in [0.25, 0.3) is 33.8 Å². The zero-order chi connectivity index (χ0) is 27.2. The van der Waals surface area contributed by atoms with Crippen molar-refractivity contribution in [2.75, 3.05) is 12.9 Å². The Morgan fingerprint density at radius 3 is 2.39 bits per heavy atom. The number of hydrogen-bond donors (Lipinski definition) is 0. The van der Waals surface area contributed by atoms with Crippen molar-refractivity contribution >= 4 is 22.7 Å². The number of aryl methyl sites for hydroxylation is 1. The Balaban J connectivity index is 1.75. The van der Waals surface area contributed by atoms with Crippen molar-refractivity contribution < 1.29 is 31.4 Å². The molecule has 3 heterocycles. The first-order chi connectivity index (χ1) is 18.0. The molecule has 3 aromatic rings. The molecular weight excluding hydrogens is 535 g/mol. The third-order valence-corrected chi connectivity index (χ3v) is 6.12. The second-order valence-corrected chi connectivity index (χ2v) is 8.76. The van der Waals surface area contributed by atoms with Gasteiger partial charge in [0.1, 0.15) is 16.5 Å². The second kappa shape index (κ2) is 9.63. The molecule has 0 spiro atoms. The van der Waals surface area contributed by atoms with Crippen molar-refractivity contribution in [2.45, 2.75) is 17.8 Å². The minimum atomic E-state index is -4.63. The molecule has 0 saturated carbocycles. The quantitative estimate of drug-likeness (QED) is 0.165. The summed E-state index contributed by atoms with van der Waals surface area (Å²) in [7, 11) is 1.75. The monoisotopic (exact) mass is 552 g/mol. The zero-order valence-corrected chi connectivity index (χ0v) is 20.4. The zero-order valence-electron chi connectivity index (χ0n) is 19.6. The summed E-state index contributed by atoms with van der Waals surface area (Å²) in [6.07, 6.45) is -1.18. The highest BCUT2D eigenvalue weighted by Crippen LogP contribution is 2.34. The lowest BCUT2D eigenvalue weighted by Gasteiger charge is -2.19. The van der Waals surface area contributed by atoms with Crippen molar-refractivity contribution in [1.29, 1.82) is 0 Å². The number of aromatic nitrogens is 6. The summed E-state index contributed by atoms with van der Waals surface area (Å²) in [5, 5.41) is 5.37. The van der Waals surface area contributed by atoms with Crippen LogP contribution in [0, 0.1) is 0 Å². The molecule has 0 aliphatic carbocycles. The first kappa shape index (κ1) is 25.5. The lowest BCUT2D eigenvalue weighted by Crippen LogP contribution is -2.32. The molecule has 2 aliphatic rings. The Labute approximate surface area is 214 Å².